The lowest BCUT2D eigenvalue weighted by Crippen LogP contribution is -2.67. The summed E-state index contributed by atoms with van der Waals surface area (Å²) in [6.07, 6.45) is 5.39. The van der Waals surface area contributed by atoms with Crippen molar-refractivity contribution in [3.8, 4) is 0 Å². The summed E-state index contributed by atoms with van der Waals surface area (Å²) < 4.78 is 5.57. The first-order valence-corrected chi connectivity index (χ1v) is 11.0. The molecule has 1 aromatic rings. The Labute approximate surface area is 172 Å². The number of carbonyl (C=O) groups is 2. The molecule has 4 heterocycles. The summed E-state index contributed by atoms with van der Waals surface area (Å²) >= 11 is 0. The number of imidazole rings is 1. The molecule has 3 fully saturated rings. The van der Waals surface area contributed by atoms with Gasteiger partial charge >= 0.3 is 0 Å². The highest BCUT2D eigenvalue weighted by molar-refractivity contribution is 5.92. The first-order valence-electron chi connectivity index (χ1n) is 11.0. The number of nitrogens with zero attached hydrogens (tertiary/aromatic N) is 3. The second-order valence-corrected chi connectivity index (χ2v) is 8.63. The third-order valence-electron chi connectivity index (χ3n) is 6.75. The van der Waals surface area contributed by atoms with Crippen LogP contribution in [-0.2, 0) is 9.53 Å². The summed E-state index contributed by atoms with van der Waals surface area (Å²) in [7, 11) is 0. The molecule has 8 nitrogen and oxygen atoms in total. The summed E-state index contributed by atoms with van der Waals surface area (Å²) in [4.78, 5) is 37.1. The molecule has 0 aromatic carbocycles. The van der Waals surface area contributed by atoms with E-state index in [0.717, 1.165) is 57.9 Å². The van der Waals surface area contributed by atoms with Crippen molar-refractivity contribution in [2.45, 2.75) is 51.6 Å². The van der Waals surface area contributed by atoms with Gasteiger partial charge in [-0.3, -0.25) is 9.59 Å². The van der Waals surface area contributed by atoms with Gasteiger partial charge in [0.2, 0.25) is 5.91 Å². The van der Waals surface area contributed by atoms with E-state index in [0.29, 0.717) is 36.5 Å². The molecule has 3 aliphatic heterocycles. The number of piperidine rings is 3. The predicted molar refractivity (Wildman–Crippen MR) is 108 cm³/mol. The Bertz CT molecular complexity index is 736. The minimum Gasteiger partial charge on any atom is -0.380 e. The standard InChI is InChI=1S/C21H33N5O3/c1-3-29-8-7-25-12-15-9-16(13-25)19(26-18(15)5-4-6-20(26)27)11-23-21(28)17-10-22-14(2)24-17/h10,15-16,18-19H,3-9,11-13H2,1-2H3,(H,22,24)(H,23,28)/t15-,16+,18+,19+/m1/s1. The lowest BCUT2D eigenvalue weighted by molar-refractivity contribution is -0.152. The molecule has 160 valence electrons. The molecule has 0 aliphatic carbocycles. The number of amides is 2. The molecule has 0 saturated carbocycles. The number of nitrogens with one attached hydrogen (secondary N) is 2. The number of ether oxygens (including phenoxy) is 1. The topological polar surface area (TPSA) is 90.6 Å². The van der Waals surface area contributed by atoms with Crippen LogP contribution >= 0.6 is 0 Å². The van der Waals surface area contributed by atoms with Crippen molar-refractivity contribution in [1.82, 2.24) is 25.1 Å². The van der Waals surface area contributed by atoms with Gasteiger partial charge in [-0.1, -0.05) is 0 Å². The van der Waals surface area contributed by atoms with E-state index in [2.05, 4.69) is 25.1 Å². The fraction of sp³-hybridized carbons (Fsp3) is 0.762. The lowest BCUT2D eigenvalue weighted by Gasteiger charge is -2.56. The van der Waals surface area contributed by atoms with Crippen molar-refractivity contribution >= 4 is 11.8 Å². The maximum absolute atomic E-state index is 12.8. The van der Waals surface area contributed by atoms with Crippen molar-refractivity contribution in [2.24, 2.45) is 11.8 Å². The van der Waals surface area contributed by atoms with Crippen molar-refractivity contribution in [3.63, 3.8) is 0 Å². The Hall–Kier alpha value is -1.93. The number of H-pyrrole nitrogens is 1. The van der Waals surface area contributed by atoms with Gasteiger partial charge in [-0.25, -0.2) is 4.98 Å². The first-order chi connectivity index (χ1) is 14.1. The molecular weight excluding hydrogens is 370 g/mol. The third kappa shape index (κ3) is 4.33. The van der Waals surface area contributed by atoms with E-state index < -0.39 is 0 Å². The summed E-state index contributed by atoms with van der Waals surface area (Å²) in [5, 5.41) is 3.06. The van der Waals surface area contributed by atoms with Crippen LogP contribution in [0.2, 0.25) is 0 Å². The molecule has 2 N–H and O–H groups in total. The smallest absolute Gasteiger partial charge is 0.269 e. The predicted octanol–water partition coefficient (Wildman–Crippen LogP) is 1.19. The zero-order valence-corrected chi connectivity index (χ0v) is 17.5. The number of hydrogen-bond donors (Lipinski definition) is 2. The Morgan fingerprint density at radius 2 is 2.21 bits per heavy atom. The van der Waals surface area contributed by atoms with Gasteiger partial charge in [-0.05, 0) is 44.9 Å². The van der Waals surface area contributed by atoms with Crippen LogP contribution in [0.5, 0.6) is 0 Å². The number of aromatic nitrogens is 2. The van der Waals surface area contributed by atoms with E-state index in [1.54, 1.807) is 6.20 Å². The van der Waals surface area contributed by atoms with Crippen LogP contribution in [0, 0.1) is 18.8 Å². The zero-order chi connectivity index (χ0) is 20.4. The molecule has 4 atom stereocenters. The monoisotopic (exact) mass is 403 g/mol. The van der Waals surface area contributed by atoms with Gasteiger partial charge in [-0.2, -0.15) is 0 Å². The highest BCUT2D eigenvalue weighted by Crippen LogP contribution is 2.41. The Balaban J connectivity index is 1.47. The van der Waals surface area contributed by atoms with E-state index in [9.17, 15) is 9.59 Å². The number of rotatable bonds is 7. The van der Waals surface area contributed by atoms with Gasteiger partial charge in [0.05, 0.1) is 18.8 Å². The van der Waals surface area contributed by atoms with E-state index in [1.807, 2.05) is 13.8 Å². The molecule has 3 saturated heterocycles. The second-order valence-electron chi connectivity index (χ2n) is 8.63. The maximum atomic E-state index is 12.8. The average molecular weight is 404 g/mol. The van der Waals surface area contributed by atoms with Gasteiger partial charge < -0.3 is 24.8 Å². The second kappa shape index (κ2) is 8.83. The zero-order valence-electron chi connectivity index (χ0n) is 17.5. The SMILES string of the molecule is CCOCCN1C[C@H]2C[C@@H](C1)[C@H](CNC(=O)c1cnc(C)[nH]1)N1C(=O)CCC[C@@H]21. The number of aryl methyl sites for hydroxylation is 1. The number of carbonyl (C=O) groups excluding carboxylic acids is 2. The average Bonchev–Trinajstić information content (AvgIpc) is 3.15. The quantitative estimate of drug-likeness (QED) is 0.668. The van der Waals surface area contributed by atoms with Crippen molar-refractivity contribution in [1.29, 1.82) is 0 Å². The van der Waals surface area contributed by atoms with Crippen molar-refractivity contribution in [3.05, 3.63) is 17.7 Å². The van der Waals surface area contributed by atoms with Gasteiger partial charge in [0, 0.05) is 45.2 Å². The minimum absolute atomic E-state index is 0.0620. The molecule has 8 heteroatoms. The van der Waals surface area contributed by atoms with Crippen LogP contribution < -0.4 is 5.32 Å². The highest BCUT2D eigenvalue weighted by Gasteiger charge is 2.49. The van der Waals surface area contributed by atoms with E-state index in [-0.39, 0.29) is 17.9 Å². The fourth-order valence-corrected chi connectivity index (χ4v) is 5.48. The molecule has 2 amide bonds. The maximum Gasteiger partial charge on any atom is 0.269 e. The van der Waals surface area contributed by atoms with Crippen LogP contribution in [0.3, 0.4) is 0 Å². The molecule has 2 bridgehead atoms. The highest BCUT2D eigenvalue weighted by atomic mass is 16.5. The van der Waals surface area contributed by atoms with E-state index in [1.165, 1.54) is 0 Å². The number of hydrogen-bond acceptors (Lipinski definition) is 5. The summed E-state index contributed by atoms with van der Waals surface area (Å²) in [6, 6.07) is 0.366. The summed E-state index contributed by atoms with van der Waals surface area (Å²) in [6.45, 7) is 8.79. The van der Waals surface area contributed by atoms with Crippen LogP contribution in [0.25, 0.3) is 0 Å². The van der Waals surface area contributed by atoms with Gasteiger partial charge in [0.15, 0.2) is 0 Å². The van der Waals surface area contributed by atoms with E-state index in [4.69, 9.17) is 4.74 Å². The van der Waals surface area contributed by atoms with Crippen LogP contribution in [0.15, 0.2) is 6.20 Å². The molecule has 0 spiro atoms. The van der Waals surface area contributed by atoms with Gasteiger partial charge in [-0.15, -0.1) is 0 Å². The number of aromatic amines is 1. The van der Waals surface area contributed by atoms with E-state index >= 15 is 0 Å². The Morgan fingerprint density at radius 3 is 2.97 bits per heavy atom. The van der Waals surface area contributed by atoms with Gasteiger partial charge in [0.1, 0.15) is 11.5 Å². The van der Waals surface area contributed by atoms with Gasteiger partial charge in [0.25, 0.3) is 5.91 Å². The van der Waals surface area contributed by atoms with Crippen molar-refractivity contribution < 1.29 is 14.3 Å². The molecule has 29 heavy (non-hydrogen) atoms. The molecule has 4 rings (SSSR count). The lowest BCUT2D eigenvalue weighted by atomic mass is 9.72. The number of likely N-dealkylation sites (tertiary alicyclic amines) is 1. The molecular formula is C21H33N5O3. The summed E-state index contributed by atoms with van der Waals surface area (Å²) in [5.41, 5.74) is 0.472. The van der Waals surface area contributed by atoms with Crippen LogP contribution in [0.4, 0.5) is 0 Å². The normalized spacial score (nSPS) is 29.6. The molecule has 0 unspecified atom stereocenters. The minimum atomic E-state index is -0.155. The van der Waals surface area contributed by atoms with Crippen LogP contribution in [0.1, 0.15) is 48.9 Å². The molecule has 0 radical (unpaired) electrons. The fourth-order valence-electron chi connectivity index (χ4n) is 5.48. The molecule has 1 aromatic heterocycles. The van der Waals surface area contributed by atoms with Crippen LogP contribution in [-0.4, -0.2) is 83.1 Å². The Morgan fingerprint density at radius 1 is 1.38 bits per heavy atom. The first kappa shape index (κ1) is 20.3. The number of fused-ring (bicyclic) bond motifs is 4. The Kier molecular flexibility index (Phi) is 6.20. The largest absolute Gasteiger partial charge is 0.380 e. The van der Waals surface area contributed by atoms with Crippen molar-refractivity contribution in [2.75, 3.05) is 39.4 Å². The summed E-state index contributed by atoms with van der Waals surface area (Å²) in [5.74, 6) is 1.74. The molecule has 3 aliphatic rings. The third-order valence-corrected chi connectivity index (χ3v) is 6.75.